The summed E-state index contributed by atoms with van der Waals surface area (Å²) in [5.74, 6) is 1.23. The van der Waals surface area contributed by atoms with Gasteiger partial charge in [-0.2, -0.15) is 0 Å². The third-order valence-corrected chi connectivity index (χ3v) is 3.59. The maximum absolute atomic E-state index is 12.0. The highest BCUT2D eigenvalue weighted by Crippen LogP contribution is 2.40. The van der Waals surface area contributed by atoms with Gasteiger partial charge in [0.15, 0.2) is 0 Å². The Labute approximate surface area is 103 Å². The first-order valence-electron chi connectivity index (χ1n) is 6.60. The van der Waals surface area contributed by atoms with E-state index in [4.69, 9.17) is 10.5 Å². The second-order valence-electron chi connectivity index (χ2n) is 6.38. The van der Waals surface area contributed by atoms with Gasteiger partial charge in [-0.25, -0.2) is 4.79 Å². The highest BCUT2D eigenvalue weighted by atomic mass is 16.6. The van der Waals surface area contributed by atoms with Crippen molar-refractivity contribution in [3.8, 4) is 0 Å². The Morgan fingerprint density at radius 1 is 1.29 bits per heavy atom. The number of rotatable bonds is 1. The van der Waals surface area contributed by atoms with Gasteiger partial charge in [-0.15, -0.1) is 0 Å². The summed E-state index contributed by atoms with van der Waals surface area (Å²) in [6.45, 7) is 7.22. The molecule has 1 aliphatic heterocycles. The van der Waals surface area contributed by atoms with Crippen LogP contribution in [0.25, 0.3) is 0 Å². The summed E-state index contributed by atoms with van der Waals surface area (Å²) in [5, 5.41) is 0. The lowest BCUT2D eigenvalue weighted by Gasteiger charge is -2.37. The minimum Gasteiger partial charge on any atom is -0.444 e. The molecule has 4 nitrogen and oxygen atoms in total. The molecule has 2 N–H and O–H groups in total. The molecule has 0 spiro atoms. The van der Waals surface area contributed by atoms with Crippen LogP contribution in [0, 0.1) is 11.8 Å². The van der Waals surface area contributed by atoms with Crippen molar-refractivity contribution in [3.63, 3.8) is 0 Å². The number of ether oxygens (including phenoxy) is 1. The minimum atomic E-state index is -0.411. The summed E-state index contributed by atoms with van der Waals surface area (Å²) in [5.41, 5.74) is 5.72. The van der Waals surface area contributed by atoms with Crippen LogP contribution in [0.1, 0.15) is 40.0 Å². The monoisotopic (exact) mass is 240 g/mol. The lowest BCUT2D eigenvalue weighted by Crippen LogP contribution is -2.51. The SMILES string of the molecule is CC(C)(C)OC(=O)N1CC[C@H](N)[C@@H](C2CC2)C1. The van der Waals surface area contributed by atoms with Crippen LogP contribution < -0.4 is 5.73 Å². The van der Waals surface area contributed by atoms with Gasteiger partial charge in [0.2, 0.25) is 0 Å². The zero-order valence-electron chi connectivity index (χ0n) is 11.1. The second-order valence-corrected chi connectivity index (χ2v) is 6.38. The van der Waals surface area contributed by atoms with E-state index in [2.05, 4.69) is 0 Å². The molecule has 0 aromatic rings. The Hall–Kier alpha value is -0.770. The minimum absolute atomic E-state index is 0.185. The van der Waals surface area contributed by atoms with E-state index in [0.29, 0.717) is 5.92 Å². The van der Waals surface area contributed by atoms with E-state index in [-0.39, 0.29) is 12.1 Å². The fourth-order valence-electron chi connectivity index (χ4n) is 2.52. The van der Waals surface area contributed by atoms with Crippen LogP contribution in [0.15, 0.2) is 0 Å². The van der Waals surface area contributed by atoms with Crippen LogP contribution in [-0.4, -0.2) is 35.7 Å². The number of nitrogens with two attached hydrogens (primary N) is 1. The van der Waals surface area contributed by atoms with Gasteiger partial charge < -0.3 is 15.4 Å². The molecule has 1 amide bonds. The number of carbonyl (C=O) groups excluding carboxylic acids is 1. The van der Waals surface area contributed by atoms with E-state index < -0.39 is 5.60 Å². The number of amides is 1. The largest absolute Gasteiger partial charge is 0.444 e. The van der Waals surface area contributed by atoms with E-state index >= 15 is 0 Å². The zero-order chi connectivity index (χ0) is 12.6. The van der Waals surface area contributed by atoms with Crippen molar-refractivity contribution in [2.24, 2.45) is 17.6 Å². The lowest BCUT2D eigenvalue weighted by molar-refractivity contribution is 0.0134. The Kier molecular flexibility index (Phi) is 3.34. The quantitative estimate of drug-likeness (QED) is 0.762. The predicted molar refractivity (Wildman–Crippen MR) is 66.6 cm³/mol. The number of likely N-dealkylation sites (tertiary alicyclic amines) is 1. The van der Waals surface area contributed by atoms with Crippen LogP contribution in [0.4, 0.5) is 4.79 Å². The molecule has 4 heteroatoms. The summed E-state index contributed by atoms with van der Waals surface area (Å²) >= 11 is 0. The van der Waals surface area contributed by atoms with Crippen molar-refractivity contribution >= 4 is 6.09 Å². The van der Waals surface area contributed by atoms with Crippen molar-refractivity contribution in [2.45, 2.75) is 51.7 Å². The van der Waals surface area contributed by atoms with Gasteiger partial charge in [0.1, 0.15) is 5.60 Å². The van der Waals surface area contributed by atoms with E-state index in [1.165, 1.54) is 12.8 Å². The summed E-state index contributed by atoms with van der Waals surface area (Å²) in [7, 11) is 0. The Balaban J connectivity index is 1.91. The molecule has 2 fully saturated rings. The van der Waals surface area contributed by atoms with Crippen LogP contribution in [0.2, 0.25) is 0 Å². The molecule has 1 heterocycles. The van der Waals surface area contributed by atoms with E-state index in [1.807, 2.05) is 25.7 Å². The number of hydrogen-bond donors (Lipinski definition) is 1. The molecule has 0 unspecified atom stereocenters. The van der Waals surface area contributed by atoms with Crippen LogP contribution >= 0.6 is 0 Å². The molecule has 2 atom stereocenters. The second kappa shape index (κ2) is 4.48. The molecule has 1 saturated heterocycles. The van der Waals surface area contributed by atoms with Crippen LogP contribution in [0.3, 0.4) is 0 Å². The van der Waals surface area contributed by atoms with Crippen LogP contribution in [0.5, 0.6) is 0 Å². The maximum atomic E-state index is 12.0. The molecule has 0 radical (unpaired) electrons. The van der Waals surface area contributed by atoms with E-state index in [1.54, 1.807) is 0 Å². The first-order valence-corrected chi connectivity index (χ1v) is 6.60. The first kappa shape index (κ1) is 12.7. The summed E-state index contributed by atoms with van der Waals surface area (Å²) in [6, 6.07) is 0.265. The Bertz CT molecular complexity index is 294. The number of hydrogen-bond acceptors (Lipinski definition) is 3. The summed E-state index contributed by atoms with van der Waals surface area (Å²) in [6.07, 6.45) is 3.27. The van der Waals surface area contributed by atoms with Gasteiger partial charge in [0, 0.05) is 19.1 Å². The third kappa shape index (κ3) is 3.35. The van der Waals surface area contributed by atoms with Crippen molar-refractivity contribution in [1.82, 2.24) is 4.90 Å². The van der Waals surface area contributed by atoms with E-state index in [0.717, 1.165) is 25.4 Å². The standard InChI is InChI=1S/C13H24N2O2/c1-13(2,3)17-12(16)15-7-6-11(14)10(8-15)9-4-5-9/h9-11H,4-8,14H2,1-3H3/t10-,11+/m1/s1. The van der Waals surface area contributed by atoms with Gasteiger partial charge in [0.25, 0.3) is 0 Å². The Morgan fingerprint density at radius 3 is 2.47 bits per heavy atom. The maximum Gasteiger partial charge on any atom is 0.410 e. The zero-order valence-corrected chi connectivity index (χ0v) is 11.1. The molecule has 0 aromatic heterocycles. The lowest BCUT2D eigenvalue weighted by atomic mass is 9.89. The average molecular weight is 240 g/mol. The molecular formula is C13H24N2O2. The first-order chi connectivity index (χ1) is 7.87. The predicted octanol–water partition coefficient (Wildman–Crippen LogP) is 1.98. The molecule has 98 valence electrons. The highest BCUT2D eigenvalue weighted by molar-refractivity contribution is 5.68. The average Bonchev–Trinajstić information content (AvgIpc) is 2.99. The van der Waals surface area contributed by atoms with Crippen molar-refractivity contribution in [3.05, 3.63) is 0 Å². The molecule has 17 heavy (non-hydrogen) atoms. The molecule has 0 aromatic carbocycles. The number of carbonyl (C=O) groups is 1. The normalized spacial score (nSPS) is 30.2. The molecule has 2 rings (SSSR count). The van der Waals surface area contributed by atoms with Gasteiger partial charge in [-0.05, 0) is 51.9 Å². The fourth-order valence-corrected chi connectivity index (χ4v) is 2.52. The molecular weight excluding hydrogens is 216 g/mol. The summed E-state index contributed by atoms with van der Waals surface area (Å²) < 4.78 is 5.41. The topological polar surface area (TPSA) is 55.6 Å². The van der Waals surface area contributed by atoms with Gasteiger partial charge in [0.05, 0.1) is 0 Å². The Morgan fingerprint density at radius 2 is 1.94 bits per heavy atom. The van der Waals surface area contributed by atoms with Gasteiger partial charge in [-0.1, -0.05) is 0 Å². The van der Waals surface area contributed by atoms with E-state index in [9.17, 15) is 4.79 Å². The molecule has 0 bridgehead atoms. The molecule has 1 saturated carbocycles. The molecule has 2 aliphatic rings. The van der Waals surface area contributed by atoms with Crippen LogP contribution in [-0.2, 0) is 4.74 Å². The number of nitrogens with zero attached hydrogens (tertiary/aromatic N) is 1. The third-order valence-electron chi connectivity index (χ3n) is 3.59. The van der Waals surface area contributed by atoms with Gasteiger partial charge in [-0.3, -0.25) is 0 Å². The smallest absolute Gasteiger partial charge is 0.410 e. The fraction of sp³-hybridized carbons (Fsp3) is 0.923. The number of piperidine rings is 1. The van der Waals surface area contributed by atoms with Gasteiger partial charge >= 0.3 is 6.09 Å². The highest BCUT2D eigenvalue weighted by Gasteiger charge is 2.40. The van der Waals surface area contributed by atoms with Crippen molar-refractivity contribution in [1.29, 1.82) is 0 Å². The molecule has 1 aliphatic carbocycles. The van der Waals surface area contributed by atoms with Crippen molar-refractivity contribution in [2.75, 3.05) is 13.1 Å². The summed E-state index contributed by atoms with van der Waals surface area (Å²) in [4.78, 5) is 13.8. The van der Waals surface area contributed by atoms with Crippen molar-refractivity contribution < 1.29 is 9.53 Å².